The van der Waals surface area contributed by atoms with Gasteiger partial charge in [-0.05, 0) is 11.9 Å². The van der Waals surface area contributed by atoms with E-state index in [2.05, 4.69) is 6.92 Å². The van der Waals surface area contributed by atoms with Crippen LogP contribution >= 0.6 is 11.5 Å². The van der Waals surface area contributed by atoms with Gasteiger partial charge in [0.2, 0.25) is 0 Å². The molecule has 1 aromatic carbocycles. The lowest BCUT2D eigenvalue weighted by molar-refractivity contribution is 0.336. The highest BCUT2D eigenvalue weighted by molar-refractivity contribution is 7.10. The summed E-state index contributed by atoms with van der Waals surface area (Å²) in [5, 5.41) is 0. The molecule has 0 saturated carbocycles. The largest absolute Gasteiger partial charge is 0.434 e. The minimum Gasteiger partial charge on any atom is -0.418 e. The van der Waals surface area contributed by atoms with Crippen molar-refractivity contribution in [2.45, 2.75) is 13.3 Å². The Kier molecular flexibility index (Phi) is 4.19. The van der Waals surface area contributed by atoms with Crippen molar-refractivity contribution in [2.75, 3.05) is 6.61 Å². The van der Waals surface area contributed by atoms with E-state index in [-0.39, 0.29) is 6.33 Å². The van der Waals surface area contributed by atoms with Crippen LogP contribution in [0.3, 0.4) is 0 Å². The van der Waals surface area contributed by atoms with Gasteiger partial charge < -0.3 is 4.65 Å². The predicted octanol–water partition coefficient (Wildman–Crippen LogP) is 2.05. The molecule has 3 heteroatoms. The van der Waals surface area contributed by atoms with Crippen molar-refractivity contribution in [3.05, 3.63) is 30.3 Å². The summed E-state index contributed by atoms with van der Waals surface area (Å²) in [6.07, 6.45) is 0.696. The maximum atomic E-state index is 5.96. The summed E-state index contributed by atoms with van der Waals surface area (Å²) < 4.78 is 5.34. The molecule has 0 amide bonds. The molecule has 12 heavy (non-hydrogen) atoms. The van der Waals surface area contributed by atoms with Gasteiger partial charge >= 0.3 is 6.33 Å². The van der Waals surface area contributed by atoms with Crippen LogP contribution in [0.15, 0.2) is 30.3 Å². The minimum atomic E-state index is -0.300. The Morgan fingerprint density at radius 3 is 2.58 bits per heavy atom. The molecule has 64 valence electrons. The molecule has 0 spiro atoms. The third kappa shape index (κ3) is 2.88. The second-order valence-electron chi connectivity index (χ2n) is 2.60. The lowest BCUT2D eigenvalue weighted by Gasteiger charge is -2.05. The van der Waals surface area contributed by atoms with Crippen LogP contribution in [0.2, 0.25) is 0 Å². The topological polar surface area (TPSA) is 9.23 Å². The first-order valence-electron chi connectivity index (χ1n) is 4.15. The Labute approximate surface area is 78.7 Å². The summed E-state index contributed by atoms with van der Waals surface area (Å²) in [5.41, 5.74) is 1.02. The first kappa shape index (κ1) is 9.62. The van der Waals surface area contributed by atoms with Gasteiger partial charge in [0, 0.05) is 6.61 Å². The highest BCUT2D eigenvalue weighted by Gasteiger charge is 2.13. The van der Waals surface area contributed by atoms with E-state index < -0.39 is 0 Å². The monoisotopic (exact) mass is 182 g/mol. The number of halogens is 1. The highest BCUT2D eigenvalue weighted by atomic mass is 35.5. The molecule has 0 N–H and O–H groups in total. The predicted molar refractivity (Wildman–Crippen MR) is 53.9 cm³/mol. The van der Waals surface area contributed by atoms with Crippen molar-refractivity contribution in [1.82, 2.24) is 0 Å². The van der Waals surface area contributed by atoms with Crippen molar-refractivity contribution in [1.29, 1.82) is 0 Å². The van der Waals surface area contributed by atoms with Crippen LogP contribution in [-0.4, -0.2) is 12.9 Å². The van der Waals surface area contributed by atoms with Crippen molar-refractivity contribution in [2.24, 2.45) is 0 Å². The van der Waals surface area contributed by atoms with E-state index in [1.807, 2.05) is 30.3 Å². The van der Waals surface area contributed by atoms with Crippen molar-refractivity contribution < 1.29 is 4.65 Å². The van der Waals surface area contributed by atoms with Crippen LogP contribution in [0.4, 0.5) is 0 Å². The highest BCUT2D eigenvalue weighted by Crippen LogP contribution is 1.96. The van der Waals surface area contributed by atoms with E-state index in [9.17, 15) is 0 Å². The Morgan fingerprint density at radius 1 is 1.33 bits per heavy atom. The third-order valence-corrected chi connectivity index (χ3v) is 1.91. The Morgan fingerprint density at radius 2 is 2.00 bits per heavy atom. The normalized spacial score (nSPS) is 9.83. The first-order chi connectivity index (χ1) is 5.84. The second kappa shape index (κ2) is 5.23. The van der Waals surface area contributed by atoms with Crippen molar-refractivity contribution >= 4 is 23.3 Å². The Hall–Kier alpha value is -0.465. The number of hydrogen-bond donors (Lipinski definition) is 0. The molecule has 0 saturated heterocycles. The number of hydrogen-bond acceptors (Lipinski definition) is 1. The van der Waals surface area contributed by atoms with E-state index >= 15 is 0 Å². The molecule has 0 aliphatic heterocycles. The molecule has 1 rings (SSSR count). The summed E-state index contributed by atoms with van der Waals surface area (Å²) in [6, 6.07) is 9.81. The molecule has 0 atom stereocenters. The zero-order valence-corrected chi connectivity index (χ0v) is 7.92. The number of benzene rings is 1. The van der Waals surface area contributed by atoms with Gasteiger partial charge in [0.1, 0.15) is 0 Å². The van der Waals surface area contributed by atoms with Gasteiger partial charge in [-0.25, -0.2) is 0 Å². The van der Waals surface area contributed by atoms with Gasteiger partial charge in [0.05, 0.1) is 0 Å². The maximum Gasteiger partial charge on any atom is 0.434 e. The summed E-state index contributed by atoms with van der Waals surface area (Å²) in [7, 11) is 0. The van der Waals surface area contributed by atoms with E-state index in [1.54, 1.807) is 0 Å². The van der Waals surface area contributed by atoms with E-state index in [0.717, 1.165) is 11.9 Å². The summed E-state index contributed by atoms with van der Waals surface area (Å²) in [5.74, 6) is 0. The Balaban J connectivity index is 2.48. The standard InChI is InChI=1S/C9H12BClO/c1-2-8-12-10(11)9-6-4-3-5-7-9/h3-7H,2,8H2,1H3. The molecule has 1 nitrogen and oxygen atoms in total. The van der Waals surface area contributed by atoms with Crippen molar-refractivity contribution in [3.8, 4) is 0 Å². The molecule has 0 bridgehead atoms. The van der Waals surface area contributed by atoms with E-state index in [0.29, 0.717) is 6.61 Å². The third-order valence-electron chi connectivity index (χ3n) is 1.53. The average molecular weight is 182 g/mol. The van der Waals surface area contributed by atoms with Crippen LogP contribution in [0.25, 0.3) is 0 Å². The maximum absolute atomic E-state index is 5.96. The fourth-order valence-electron chi connectivity index (χ4n) is 0.922. The number of rotatable bonds is 4. The quantitative estimate of drug-likeness (QED) is 0.648. The lowest BCUT2D eigenvalue weighted by Crippen LogP contribution is -2.27. The van der Waals surface area contributed by atoms with Crippen LogP contribution in [0, 0.1) is 0 Å². The zero-order chi connectivity index (χ0) is 8.81. The van der Waals surface area contributed by atoms with Gasteiger partial charge in [-0.15, -0.1) is 11.5 Å². The summed E-state index contributed by atoms with van der Waals surface area (Å²) >= 11 is 5.96. The average Bonchev–Trinajstić information content (AvgIpc) is 2.15. The molecular weight excluding hydrogens is 170 g/mol. The van der Waals surface area contributed by atoms with E-state index in [4.69, 9.17) is 16.1 Å². The van der Waals surface area contributed by atoms with Crippen LogP contribution in [0.5, 0.6) is 0 Å². The van der Waals surface area contributed by atoms with Gasteiger partial charge in [-0.2, -0.15) is 0 Å². The molecule has 0 unspecified atom stereocenters. The minimum absolute atomic E-state index is 0.300. The Bertz CT molecular complexity index is 215. The smallest absolute Gasteiger partial charge is 0.418 e. The second-order valence-corrected chi connectivity index (χ2v) is 2.99. The molecule has 0 aromatic heterocycles. The molecule has 0 heterocycles. The zero-order valence-electron chi connectivity index (χ0n) is 7.16. The summed E-state index contributed by atoms with van der Waals surface area (Å²) in [6.45, 7) is 2.78. The van der Waals surface area contributed by atoms with Gasteiger partial charge in [-0.3, -0.25) is 0 Å². The lowest BCUT2D eigenvalue weighted by atomic mass is 9.86. The molecule has 0 fully saturated rings. The SMILES string of the molecule is CCCOB(Cl)c1ccccc1. The molecular formula is C9H12BClO. The fourth-order valence-corrected chi connectivity index (χ4v) is 1.16. The van der Waals surface area contributed by atoms with Crippen LogP contribution < -0.4 is 5.46 Å². The van der Waals surface area contributed by atoms with Crippen molar-refractivity contribution in [3.63, 3.8) is 0 Å². The van der Waals surface area contributed by atoms with Crippen LogP contribution in [-0.2, 0) is 4.65 Å². The summed E-state index contributed by atoms with van der Waals surface area (Å²) in [4.78, 5) is 0. The first-order valence-corrected chi connectivity index (χ1v) is 4.59. The fraction of sp³-hybridized carbons (Fsp3) is 0.333. The van der Waals surface area contributed by atoms with Crippen LogP contribution in [0.1, 0.15) is 13.3 Å². The molecule has 1 aromatic rings. The van der Waals surface area contributed by atoms with Gasteiger partial charge in [-0.1, -0.05) is 37.3 Å². The van der Waals surface area contributed by atoms with E-state index in [1.165, 1.54) is 0 Å². The van der Waals surface area contributed by atoms with Gasteiger partial charge in [0.25, 0.3) is 0 Å². The molecule has 0 aliphatic rings. The molecule has 0 radical (unpaired) electrons. The molecule has 0 aliphatic carbocycles. The van der Waals surface area contributed by atoms with Gasteiger partial charge in [0.15, 0.2) is 0 Å².